The van der Waals surface area contributed by atoms with Gasteiger partial charge in [0, 0.05) is 5.75 Å². The van der Waals surface area contributed by atoms with Gasteiger partial charge in [0.05, 0.1) is 9.79 Å². The van der Waals surface area contributed by atoms with Crippen LogP contribution in [0.15, 0.2) is 40.1 Å². The summed E-state index contributed by atoms with van der Waals surface area (Å²) in [4.78, 5) is -0.471. The molecule has 0 amide bonds. The van der Waals surface area contributed by atoms with E-state index >= 15 is 0 Å². The maximum Gasteiger partial charge on any atom is 0.198 e. The lowest BCUT2D eigenvalue weighted by molar-refractivity contribution is 0.384. The quantitative estimate of drug-likeness (QED) is 0.243. The van der Waals surface area contributed by atoms with E-state index in [0.29, 0.717) is 5.75 Å². The van der Waals surface area contributed by atoms with Crippen molar-refractivity contribution in [2.75, 3.05) is 14.1 Å². The first-order valence-electron chi connectivity index (χ1n) is 6.29. The fraction of sp³-hybridized carbons (Fsp3) is 0.200. The highest BCUT2D eigenvalue weighted by atomic mass is 32.2. The van der Waals surface area contributed by atoms with Crippen molar-refractivity contribution < 1.29 is 17.6 Å². The predicted octanol–water partition coefficient (Wildman–Crippen LogP) is 5.10. The van der Waals surface area contributed by atoms with Crippen LogP contribution in [0.3, 0.4) is 0 Å². The molecule has 7 heteroatoms. The fourth-order valence-electron chi connectivity index (χ4n) is 1.71. The van der Waals surface area contributed by atoms with Crippen molar-refractivity contribution in [3.63, 3.8) is 0 Å². The van der Waals surface area contributed by atoms with Crippen molar-refractivity contribution in [2.24, 2.45) is 0 Å². The Morgan fingerprint density at radius 2 is 1.36 bits per heavy atom. The Morgan fingerprint density at radius 1 is 0.818 bits per heavy atom. The molecule has 2 aromatic rings. The first-order valence-corrected chi connectivity index (χ1v) is 8.05. The smallest absolute Gasteiger partial charge is 0.198 e. The summed E-state index contributed by atoms with van der Waals surface area (Å²) in [6.07, 6.45) is 0. The largest absolute Gasteiger partial charge is 0.252 e. The predicted molar refractivity (Wildman–Crippen MR) is 81.8 cm³/mol. The standard InChI is InChI=1S/C15H13F4NS2/c1-20(2)22-15-13(19)11(17)10(16)12(18)14(15)21-8-9-6-4-3-5-7-9/h3-7H,8H2,1-2H3. The van der Waals surface area contributed by atoms with E-state index in [-0.39, 0.29) is 9.79 Å². The first kappa shape index (κ1) is 17.2. The summed E-state index contributed by atoms with van der Waals surface area (Å²) in [6, 6.07) is 9.10. The van der Waals surface area contributed by atoms with E-state index in [1.165, 1.54) is 4.31 Å². The zero-order chi connectivity index (χ0) is 16.3. The summed E-state index contributed by atoms with van der Waals surface area (Å²) in [5.41, 5.74) is 0.873. The third-order valence-electron chi connectivity index (χ3n) is 2.68. The minimum absolute atomic E-state index is 0.223. The molecule has 0 heterocycles. The molecular weight excluding hydrogens is 334 g/mol. The molecule has 0 aromatic heterocycles. The van der Waals surface area contributed by atoms with Gasteiger partial charge in [0.25, 0.3) is 0 Å². The number of rotatable bonds is 5. The average molecular weight is 347 g/mol. The second kappa shape index (κ2) is 7.39. The topological polar surface area (TPSA) is 3.24 Å². The van der Waals surface area contributed by atoms with Gasteiger partial charge in [0.15, 0.2) is 23.3 Å². The molecule has 0 aliphatic rings. The van der Waals surface area contributed by atoms with Crippen LogP contribution in [0.2, 0.25) is 0 Å². The molecule has 2 aromatic carbocycles. The Balaban J connectivity index is 2.39. The summed E-state index contributed by atoms with van der Waals surface area (Å²) in [5, 5.41) is 0. The molecule has 0 fully saturated rings. The van der Waals surface area contributed by atoms with Gasteiger partial charge in [-0.15, -0.1) is 11.8 Å². The van der Waals surface area contributed by atoms with Crippen LogP contribution in [0.1, 0.15) is 5.56 Å². The number of halogens is 4. The zero-order valence-corrected chi connectivity index (χ0v) is 13.5. The second-order valence-corrected chi connectivity index (χ2v) is 6.90. The SMILES string of the molecule is CN(C)Sc1c(F)c(F)c(F)c(F)c1SCc1ccccc1. The number of thioether (sulfide) groups is 1. The van der Waals surface area contributed by atoms with Crippen LogP contribution in [0.25, 0.3) is 0 Å². The van der Waals surface area contributed by atoms with Gasteiger partial charge in [-0.2, -0.15) is 0 Å². The Labute approximate surface area is 134 Å². The van der Waals surface area contributed by atoms with E-state index in [1.807, 2.05) is 30.3 Å². The van der Waals surface area contributed by atoms with Crippen LogP contribution in [-0.2, 0) is 5.75 Å². The Bertz CT molecular complexity index is 663. The van der Waals surface area contributed by atoms with Crippen LogP contribution in [-0.4, -0.2) is 18.4 Å². The molecule has 0 N–H and O–H groups in total. The second-order valence-electron chi connectivity index (χ2n) is 4.59. The molecule has 0 unspecified atom stereocenters. The van der Waals surface area contributed by atoms with Gasteiger partial charge in [0.2, 0.25) is 0 Å². The highest BCUT2D eigenvalue weighted by Crippen LogP contribution is 2.39. The molecule has 1 nitrogen and oxygen atoms in total. The third kappa shape index (κ3) is 3.77. The summed E-state index contributed by atoms with van der Waals surface area (Å²) in [5.74, 6) is -5.97. The van der Waals surface area contributed by atoms with Crippen molar-refractivity contribution >= 4 is 23.7 Å². The van der Waals surface area contributed by atoms with Gasteiger partial charge in [-0.05, 0) is 31.6 Å². The molecule has 0 saturated carbocycles. The summed E-state index contributed by atoms with van der Waals surface area (Å²) < 4.78 is 56.3. The molecule has 0 atom stereocenters. The van der Waals surface area contributed by atoms with Crippen LogP contribution < -0.4 is 0 Å². The number of hydrogen-bond acceptors (Lipinski definition) is 3. The lowest BCUT2D eigenvalue weighted by atomic mass is 10.2. The molecule has 2 rings (SSSR count). The Hall–Kier alpha value is -1.18. The molecule has 22 heavy (non-hydrogen) atoms. The lowest BCUT2D eigenvalue weighted by Crippen LogP contribution is -2.06. The molecular formula is C15H13F4NS2. The van der Waals surface area contributed by atoms with E-state index in [1.54, 1.807) is 14.1 Å². The van der Waals surface area contributed by atoms with Crippen LogP contribution in [0.4, 0.5) is 17.6 Å². The molecule has 0 aliphatic heterocycles. The van der Waals surface area contributed by atoms with Crippen molar-refractivity contribution in [1.82, 2.24) is 4.31 Å². The van der Waals surface area contributed by atoms with Crippen molar-refractivity contribution in [1.29, 1.82) is 0 Å². The fourth-order valence-corrected chi connectivity index (χ4v) is 3.65. The van der Waals surface area contributed by atoms with E-state index < -0.39 is 23.3 Å². The third-order valence-corrected chi connectivity index (χ3v) is 4.89. The minimum Gasteiger partial charge on any atom is -0.252 e. The maximum absolute atomic E-state index is 14.0. The molecule has 0 radical (unpaired) electrons. The normalized spacial score (nSPS) is 11.2. The number of nitrogens with zero attached hydrogens (tertiary/aromatic N) is 1. The van der Waals surface area contributed by atoms with E-state index in [9.17, 15) is 17.6 Å². The van der Waals surface area contributed by atoms with Crippen molar-refractivity contribution in [3.8, 4) is 0 Å². The molecule has 0 spiro atoms. The first-order chi connectivity index (χ1) is 10.4. The van der Waals surface area contributed by atoms with Crippen LogP contribution >= 0.6 is 23.7 Å². The van der Waals surface area contributed by atoms with Gasteiger partial charge in [-0.1, -0.05) is 30.3 Å². The van der Waals surface area contributed by atoms with Gasteiger partial charge in [-0.25, -0.2) is 17.6 Å². The highest BCUT2D eigenvalue weighted by molar-refractivity contribution is 8.00. The zero-order valence-electron chi connectivity index (χ0n) is 11.9. The molecule has 0 saturated heterocycles. The highest BCUT2D eigenvalue weighted by Gasteiger charge is 2.26. The van der Waals surface area contributed by atoms with Gasteiger partial charge >= 0.3 is 0 Å². The van der Waals surface area contributed by atoms with Crippen molar-refractivity contribution in [2.45, 2.75) is 15.5 Å². The molecule has 118 valence electrons. The summed E-state index contributed by atoms with van der Waals surface area (Å²) >= 11 is 1.75. The van der Waals surface area contributed by atoms with E-state index in [2.05, 4.69) is 0 Å². The Kier molecular flexibility index (Phi) is 5.77. The average Bonchev–Trinajstić information content (AvgIpc) is 2.51. The Morgan fingerprint density at radius 3 is 1.91 bits per heavy atom. The molecule has 0 aliphatic carbocycles. The van der Waals surface area contributed by atoms with Gasteiger partial charge in [-0.3, -0.25) is 4.31 Å². The molecule has 0 bridgehead atoms. The number of benzene rings is 2. The maximum atomic E-state index is 14.0. The lowest BCUT2D eigenvalue weighted by Gasteiger charge is -2.15. The van der Waals surface area contributed by atoms with Crippen LogP contribution in [0.5, 0.6) is 0 Å². The van der Waals surface area contributed by atoms with Gasteiger partial charge < -0.3 is 0 Å². The summed E-state index contributed by atoms with van der Waals surface area (Å²) in [6.45, 7) is 0. The number of hydrogen-bond donors (Lipinski definition) is 0. The summed E-state index contributed by atoms with van der Waals surface area (Å²) in [7, 11) is 3.21. The van der Waals surface area contributed by atoms with Gasteiger partial charge in [0.1, 0.15) is 0 Å². The minimum atomic E-state index is -1.79. The van der Waals surface area contributed by atoms with E-state index in [4.69, 9.17) is 0 Å². The monoisotopic (exact) mass is 347 g/mol. The van der Waals surface area contributed by atoms with Crippen molar-refractivity contribution in [3.05, 3.63) is 59.2 Å². The van der Waals surface area contributed by atoms with E-state index in [0.717, 1.165) is 29.3 Å². The van der Waals surface area contributed by atoms with Crippen LogP contribution in [0, 0.1) is 23.3 Å².